The van der Waals surface area contributed by atoms with E-state index in [1.54, 1.807) is 0 Å². The fraction of sp³-hybridized carbons (Fsp3) is 0.100. The van der Waals surface area contributed by atoms with Gasteiger partial charge in [0.15, 0.2) is 0 Å². The summed E-state index contributed by atoms with van der Waals surface area (Å²) < 4.78 is 5.82. The van der Waals surface area contributed by atoms with E-state index < -0.39 is 0 Å². The average molecular weight is 274 g/mol. The topological polar surface area (TPSA) is 9.23 Å². The van der Waals surface area contributed by atoms with Crippen molar-refractivity contribution < 1.29 is 4.74 Å². The molecule has 0 fully saturated rings. The Bertz CT molecular complexity index is 699. The van der Waals surface area contributed by atoms with E-state index in [9.17, 15) is 0 Å². The quantitative estimate of drug-likeness (QED) is 0.632. The molecule has 3 aromatic carbocycles. The van der Waals surface area contributed by atoms with Crippen molar-refractivity contribution in [2.75, 3.05) is 0 Å². The molecule has 0 aliphatic heterocycles. The van der Waals surface area contributed by atoms with E-state index in [2.05, 4.69) is 67.6 Å². The Morgan fingerprint density at radius 1 is 0.714 bits per heavy atom. The maximum Gasteiger partial charge on any atom is 0.120 e. The molecule has 3 aromatic rings. The minimum absolute atomic E-state index is 0.596. The highest BCUT2D eigenvalue weighted by Crippen LogP contribution is 2.20. The van der Waals surface area contributed by atoms with E-state index in [1.807, 2.05) is 18.2 Å². The van der Waals surface area contributed by atoms with Gasteiger partial charge < -0.3 is 4.74 Å². The van der Waals surface area contributed by atoms with Gasteiger partial charge >= 0.3 is 0 Å². The molecular formula is C20H18O. The van der Waals surface area contributed by atoms with Crippen molar-refractivity contribution in [2.45, 2.75) is 13.5 Å². The van der Waals surface area contributed by atoms with Crippen molar-refractivity contribution in [3.63, 3.8) is 0 Å². The van der Waals surface area contributed by atoms with Gasteiger partial charge in [-0.1, -0.05) is 66.7 Å². The summed E-state index contributed by atoms with van der Waals surface area (Å²) in [5.41, 5.74) is 4.86. The molecule has 1 heteroatoms. The van der Waals surface area contributed by atoms with Gasteiger partial charge in [0.05, 0.1) is 0 Å². The molecule has 0 aromatic heterocycles. The summed E-state index contributed by atoms with van der Waals surface area (Å²) in [6.07, 6.45) is 0. The monoisotopic (exact) mass is 274 g/mol. The first-order valence-electron chi connectivity index (χ1n) is 7.15. The van der Waals surface area contributed by atoms with Crippen molar-refractivity contribution in [2.24, 2.45) is 0 Å². The summed E-state index contributed by atoms with van der Waals surface area (Å²) in [6.45, 7) is 2.67. The molecule has 0 saturated heterocycles. The third-order valence-electron chi connectivity index (χ3n) is 3.46. The van der Waals surface area contributed by atoms with Crippen LogP contribution in [0, 0.1) is 6.92 Å². The largest absolute Gasteiger partial charge is 0.489 e. The first kappa shape index (κ1) is 13.4. The molecule has 0 bridgehead atoms. The van der Waals surface area contributed by atoms with Crippen LogP contribution in [0.15, 0.2) is 78.9 Å². The van der Waals surface area contributed by atoms with Crippen molar-refractivity contribution in [3.8, 4) is 16.9 Å². The molecule has 0 amide bonds. The molecule has 1 nitrogen and oxygen atoms in total. The number of aryl methyl sites for hydroxylation is 1. The lowest BCUT2D eigenvalue weighted by atomic mass is 10.0. The standard InChI is InChI=1S/C20H18O/c1-16-6-5-9-20(14-16)21-15-17-10-12-19(13-11-17)18-7-3-2-4-8-18/h2-14H,15H2,1H3. The van der Waals surface area contributed by atoms with Gasteiger partial charge in [-0.15, -0.1) is 0 Å². The molecule has 0 aliphatic rings. The summed E-state index contributed by atoms with van der Waals surface area (Å²) in [4.78, 5) is 0. The zero-order valence-corrected chi connectivity index (χ0v) is 12.1. The predicted octanol–water partition coefficient (Wildman–Crippen LogP) is 5.24. The van der Waals surface area contributed by atoms with Gasteiger partial charge in [0.1, 0.15) is 12.4 Å². The number of hydrogen-bond acceptors (Lipinski definition) is 1. The van der Waals surface area contributed by atoms with Crippen molar-refractivity contribution in [1.29, 1.82) is 0 Å². The van der Waals surface area contributed by atoms with Crippen LogP contribution in [0.25, 0.3) is 11.1 Å². The molecule has 0 radical (unpaired) electrons. The lowest BCUT2D eigenvalue weighted by molar-refractivity contribution is 0.306. The average Bonchev–Trinajstić information content (AvgIpc) is 2.54. The van der Waals surface area contributed by atoms with Crippen LogP contribution in [-0.2, 0) is 6.61 Å². The maximum absolute atomic E-state index is 5.82. The predicted molar refractivity (Wildman–Crippen MR) is 87.4 cm³/mol. The molecule has 0 N–H and O–H groups in total. The molecule has 0 atom stereocenters. The van der Waals surface area contributed by atoms with E-state index in [0.29, 0.717) is 6.61 Å². The van der Waals surface area contributed by atoms with Crippen LogP contribution in [0.4, 0.5) is 0 Å². The molecule has 3 rings (SSSR count). The van der Waals surface area contributed by atoms with Gasteiger partial charge in [0.25, 0.3) is 0 Å². The second-order valence-electron chi connectivity index (χ2n) is 5.17. The maximum atomic E-state index is 5.82. The highest BCUT2D eigenvalue weighted by atomic mass is 16.5. The summed E-state index contributed by atoms with van der Waals surface area (Å²) in [5.74, 6) is 0.919. The Hall–Kier alpha value is -2.54. The minimum Gasteiger partial charge on any atom is -0.489 e. The molecule has 104 valence electrons. The number of ether oxygens (including phenoxy) is 1. The third kappa shape index (κ3) is 3.51. The second-order valence-corrected chi connectivity index (χ2v) is 5.17. The zero-order chi connectivity index (χ0) is 14.5. The third-order valence-corrected chi connectivity index (χ3v) is 3.46. The summed E-state index contributed by atoms with van der Waals surface area (Å²) in [6, 6.07) is 27.1. The van der Waals surface area contributed by atoms with E-state index in [1.165, 1.54) is 22.3 Å². The zero-order valence-electron chi connectivity index (χ0n) is 12.1. The van der Waals surface area contributed by atoms with Crippen LogP contribution < -0.4 is 4.74 Å². The Kier molecular flexibility index (Phi) is 4.02. The molecule has 21 heavy (non-hydrogen) atoms. The summed E-state index contributed by atoms with van der Waals surface area (Å²) >= 11 is 0. The fourth-order valence-corrected chi connectivity index (χ4v) is 2.30. The minimum atomic E-state index is 0.596. The van der Waals surface area contributed by atoms with Crippen molar-refractivity contribution >= 4 is 0 Å². The molecule has 0 heterocycles. The number of hydrogen-bond donors (Lipinski definition) is 0. The van der Waals surface area contributed by atoms with Crippen LogP contribution in [0.3, 0.4) is 0 Å². The van der Waals surface area contributed by atoms with Crippen LogP contribution >= 0.6 is 0 Å². The van der Waals surface area contributed by atoms with E-state index >= 15 is 0 Å². The van der Waals surface area contributed by atoms with Crippen LogP contribution in [0.2, 0.25) is 0 Å². The van der Waals surface area contributed by atoms with Gasteiger partial charge in [-0.2, -0.15) is 0 Å². The summed E-state index contributed by atoms with van der Waals surface area (Å²) in [5, 5.41) is 0. The van der Waals surface area contributed by atoms with Gasteiger partial charge in [0, 0.05) is 0 Å². The van der Waals surface area contributed by atoms with Crippen LogP contribution in [-0.4, -0.2) is 0 Å². The molecular weight excluding hydrogens is 256 g/mol. The van der Waals surface area contributed by atoms with Gasteiger partial charge in [-0.25, -0.2) is 0 Å². The Morgan fingerprint density at radius 3 is 2.14 bits per heavy atom. The van der Waals surface area contributed by atoms with Gasteiger partial charge in [0.2, 0.25) is 0 Å². The highest BCUT2D eigenvalue weighted by Gasteiger charge is 1.99. The van der Waals surface area contributed by atoms with Gasteiger partial charge in [-0.05, 0) is 41.3 Å². The number of benzene rings is 3. The van der Waals surface area contributed by atoms with Crippen LogP contribution in [0.5, 0.6) is 5.75 Å². The van der Waals surface area contributed by atoms with Crippen molar-refractivity contribution in [3.05, 3.63) is 90.0 Å². The van der Waals surface area contributed by atoms with E-state index in [4.69, 9.17) is 4.74 Å². The molecule has 0 unspecified atom stereocenters. The Balaban J connectivity index is 1.68. The first-order valence-corrected chi connectivity index (χ1v) is 7.15. The van der Waals surface area contributed by atoms with Crippen LogP contribution in [0.1, 0.15) is 11.1 Å². The molecule has 0 saturated carbocycles. The molecule has 0 aliphatic carbocycles. The van der Waals surface area contributed by atoms with Gasteiger partial charge in [-0.3, -0.25) is 0 Å². The first-order chi connectivity index (χ1) is 10.3. The summed E-state index contributed by atoms with van der Waals surface area (Å²) in [7, 11) is 0. The van der Waals surface area contributed by atoms with E-state index in [0.717, 1.165) is 5.75 Å². The lowest BCUT2D eigenvalue weighted by Crippen LogP contribution is -1.95. The fourth-order valence-electron chi connectivity index (χ4n) is 2.30. The highest BCUT2D eigenvalue weighted by molar-refractivity contribution is 5.63. The molecule has 0 spiro atoms. The normalized spacial score (nSPS) is 10.3. The van der Waals surface area contributed by atoms with E-state index in [-0.39, 0.29) is 0 Å². The lowest BCUT2D eigenvalue weighted by Gasteiger charge is -2.08. The Morgan fingerprint density at radius 2 is 1.43 bits per heavy atom. The smallest absolute Gasteiger partial charge is 0.120 e. The SMILES string of the molecule is Cc1cccc(OCc2ccc(-c3ccccc3)cc2)c1. The van der Waals surface area contributed by atoms with Crippen molar-refractivity contribution in [1.82, 2.24) is 0 Å². The number of rotatable bonds is 4. The second kappa shape index (κ2) is 6.27. The Labute approximate surface area is 125 Å².